The van der Waals surface area contributed by atoms with Gasteiger partial charge < -0.3 is 14.9 Å². The molecular formula is C18H16N2O3. The number of carbonyl (C=O) groups is 1. The minimum Gasteiger partial charge on any atom is -0.508 e. The van der Waals surface area contributed by atoms with Crippen molar-refractivity contribution in [3.8, 4) is 16.9 Å². The van der Waals surface area contributed by atoms with Crippen molar-refractivity contribution >= 4 is 5.91 Å². The molecule has 23 heavy (non-hydrogen) atoms. The number of hydrogen-bond acceptors (Lipinski definition) is 4. The van der Waals surface area contributed by atoms with Gasteiger partial charge in [0.1, 0.15) is 5.75 Å². The first-order chi connectivity index (χ1) is 11.1. The minimum atomic E-state index is -0.248. The molecule has 1 heterocycles. The van der Waals surface area contributed by atoms with Crippen LogP contribution in [0.5, 0.6) is 5.75 Å². The predicted octanol–water partition coefficient (Wildman–Crippen LogP) is 3.54. The van der Waals surface area contributed by atoms with E-state index in [1.165, 1.54) is 0 Å². The monoisotopic (exact) mass is 308 g/mol. The summed E-state index contributed by atoms with van der Waals surface area (Å²) < 4.78 is 5.03. The number of nitrogens with one attached hydrogen (secondary N) is 1. The third kappa shape index (κ3) is 3.40. The summed E-state index contributed by atoms with van der Waals surface area (Å²) in [7, 11) is 0. The first-order valence-corrected chi connectivity index (χ1v) is 7.24. The van der Waals surface area contributed by atoms with Gasteiger partial charge in [-0.15, -0.1) is 0 Å². The van der Waals surface area contributed by atoms with Crippen molar-refractivity contribution in [3.05, 3.63) is 72.1 Å². The van der Waals surface area contributed by atoms with E-state index in [0.717, 1.165) is 11.1 Å². The van der Waals surface area contributed by atoms with Gasteiger partial charge in [-0.05, 0) is 42.3 Å². The molecule has 1 atom stereocenters. The molecule has 5 nitrogen and oxygen atoms in total. The Bertz CT molecular complexity index is 778. The van der Waals surface area contributed by atoms with Gasteiger partial charge in [-0.25, -0.2) is 0 Å². The van der Waals surface area contributed by atoms with Crippen LogP contribution in [-0.2, 0) is 0 Å². The zero-order valence-corrected chi connectivity index (χ0v) is 12.6. The Balaban J connectivity index is 1.71. The molecule has 0 bridgehead atoms. The molecule has 0 aliphatic carbocycles. The fourth-order valence-electron chi connectivity index (χ4n) is 2.27. The number of benzene rings is 2. The van der Waals surface area contributed by atoms with E-state index < -0.39 is 0 Å². The SMILES string of the molecule is CC(NC(=O)c1ccc(-c2ccc(O)cc2)cc1)c1ccno1. The van der Waals surface area contributed by atoms with Gasteiger partial charge in [-0.2, -0.15) is 0 Å². The van der Waals surface area contributed by atoms with Gasteiger partial charge in [0.05, 0.1) is 12.2 Å². The third-order valence-electron chi connectivity index (χ3n) is 3.58. The summed E-state index contributed by atoms with van der Waals surface area (Å²) in [6, 6.07) is 15.7. The molecule has 3 aromatic rings. The Morgan fingerprint density at radius 1 is 1.04 bits per heavy atom. The van der Waals surface area contributed by atoms with E-state index in [4.69, 9.17) is 4.52 Å². The van der Waals surface area contributed by atoms with Gasteiger partial charge in [0.2, 0.25) is 0 Å². The quantitative estimate of drug-likeness (QED) is 0.773. The lowest BCUT2D eigenvalue weighted by Gasteiger charge is -2.11. The molecule has 0 aliphatic rings. The highest BCUT2D eigenvalue weighted by Gasteiger charge is 2.14. The first kappa shape index (κ1) is 14.8. The van der Waals surface area contributed by atoms with Crippen LogP contribution in [0.3, 0.4) is 0 Å². The second kappa shape index (κ2) is 6.36. The molecule has 5 heteroatoms. The van der Waals surface area contributed by atoms with Crippen LogP contribution < -0.4 is 5.32 Å². The van der Waals surface area contributed by atoms with E-state index >= 15 is 0 Å². The van der Waals surface area contributed by atoms with Gasteiger partial charge >= 0.3 is 0 Å². The summed E-state index contributed by atoms with van der Waals surface area (Å²) in [4.78, 5) is 12.2. The van der Waals surface area contributed by atoms with Gasteiger partial charge in [0.15, 0.2) is 5.76 Å². The van der Waals surface area contributed by atoms with Crippen LogP contribution in [0.4, 0.5) is 0 Å². The lowest BCUT2D eigenvalue weighted by molar-refractivity contribution is 0.0934. The average molecular weight is 308 g/mol. The van der Waals surface area contributed by atoms with Crippen molar-refractivity contribution in [2.45, 2.75) is 13.0 Å². The average Bonchev–Trinajstić information content (AvgIpc) is 3.10. The van der Waals surface area contributed by atoms with Gasteiger partial charge in [-0.1, -0.05) is 29.4 Å². The summed E-state index contributed by atoms with van der Waals surface area (Å²) >= 11 is 0. The molecule has 3 rings (SSSR count). The summed E-state index contributed by atoms with van der Waals surface area (Å²) in [5, 5.41) is 15.8. The Labute approximate surface area is 133 Å². The van der Waals surface area contributed by atoms with Crippen molar-refractivity contribution in [3.63, 3.8) is 0 Å². The highest BCUT2D eigenvalue weighted by Crippen LogP contribution is 2.22. The molecule has 0 saturated heterocycles. The molecule has 0 aliphatic heterocycles. The van der Waals surface area contributed by atoms with Crippen molar-refractivity contribution in [2.75, 3.05) is 0 Å². The van der Waals surface area contributed by atoms with E-state index in [-0.39, 0.29) is 17.7 Å². The van der Waals surface area contributed by atoms with Crippen LogP contribution in [0.2, 0.25) is 0 Å². The lowest BCUT2D eigenvalue weighted by Crippen LogP contribution is -2.26. The van der Waals surface area contributed by atoms with E-state index in [1.54, 1.807) is 36.5 Å². The van der Waals surface area contributed by atoms with Crippen molar-refractivity contribution in [2.24, 2.45) is 0 Å². The molecule has 0 saturated carbocycles. The van der Waals surface area contributed by atoms with Crippen LogP contribution >= 0.6 is 0 Å². The van der Waals surface area contributed by atoms with Gasteiger partial charge in [0.25, 0.3) is 5.91 Å². The molecule has 0 radical (unpaired) electrons. The molecule has 1 unspecified atom stereocenters. The number of rotatable bonds is 4. The normalized spacial score (nSPS) is 11.9. The maximum absolute atomic E-state index is 12.2. The second-order valence-electron chi connectivity index (χ2n) is 5.23. The fraction of sp³-hybridized carbons (Fsp3) is 0.111. The summed E-state index contributed by atoms with van der Waals surface area (Å²) in [5.74, 6) is 0.663. The Kier molecular flexibility index (Phi) is 4.10. The second-order valence-corrected chi connectivity index (χ2v) is 5.23. The predicted molar refractivity (Wildman–Crippen MR) is 85.9 cm³/mol. The highest BCUT2D eigenvalue weighted by molar-refractivity contribution is 5.94. The molecule has 0 fully saturated rings. The van der Waals surface area contributed by atoms with E-state index in [1.807, 2.05) is 31.2 Å². The number of aromatic nitrogens is 1. The van der Waals surface area contributed by atoms with Gasteiger partial charge in [0, 0.05) is 11.6 Å². The minimum absolute atomic E-state index is 0.175. The molecule has 1 aromatic heterocycles. The number of phenols is 1. The van der Waals surface area contributed by atoms with Crippen LogP contribution in [0.25, 0.3) is 11.1 Å². The maximum Gasteiger partial charge on any atom is 0.251 e. The van der Waals surface area contributed by atoms with E-state index in [2.05, 4.69) is 10.5 Å². The third-order valence-corrected chi connectivity index (χ3v) is 3.58. The maximum atomic E-state index is 12.2. The van der Waals surface area contributed by atoms with E-state index in [9.17, 15) is 9.90 Å². The van der Waals surface area contributed by atoms with Crippen LogP contribution in [0.15, 0.2) is 65.3 Å². The summed E-state index contributed by atoms with van der Waals surface area (Å²) in [6.45, 7) is 1.84. The van der Waals surface area contributed by atoms with Crippen molar-refractivity contribution < 1.29 is 14.4 Å². The Morgan fingerprint density at radius 3 is 2.22 bits per heavy atom. The number of hydrogen-bond donors (Lipinski definition) is 2. The van der Waals surface area contributed by atoms with Crippen molar-refractivity contribution in [1.29, 1.82) is 0 Å². The standard InChI is InChI=1S/C18H16N2O3/c1-12(17-10-11-19-23-17)20-18(22)15-4-2-13(3-5-15)14-6-8-16(21)9-7-14/h2-12,21H,1H3,(H,20,22). The van der Waals surface area contributed by atoms with Crippen molar-refractivity contribution in [1.82, 2.24) is 10.5 Å². The highest BCUT2D eigenvalue weighted by atomic mass is 16.5. The molecule has 2 aromatic carbocycles. The molecule has 1 amide bonds. The first-order valence-electron chi connectivity index (χ1n) is 7.24. The topological polar surface area (TPSA) is 75.4 Å². The van der Waals surface area contributed by atoms with Crippen LogP contribution in [0.1, 0.15) is 29.1 Å². The molecule has 116 valence electrons. The summed E-state index contributed by atoms with van der Waals surface area (Å²) in [5.41, 5.74) is 2.52. The number of carbonyl (C=O) groups excluding carboxylic acids is 1. The largest absolute Gasteiger partial charge is 0.508 e. The molecule has 0 spiro atoms. The summed E-state index contributed by atoms with van der Waals surface area (Å²) in [6.07, 6.45) is 1.55. The lowest BCUT2D eigenvalue weighted by atomic mass is 10.0. The molecular weight excluding hydrogens is 292 g/mol. The zero-order valence-electron chi connectivity index (χ0n) is 12.6. The number of nitrogens with zero attached hydrogens (tertiary/aromatic N) is 1. The fourth-order valence-corrected chi connectivity index (χ4v) is 2.27. The molecule has 2 N–H and O–H groups in total. The van der Waals surface area contributed by atoms with Crippen LogP contribution in [-0.4, -0.2) is 16.2 Å². The zero-order chi connectivity index (χ0) is 16.2. The van der Waals surface area contributed by atoms with Gasteiger partial charge in [-0.3, -0.25) is 4.79 Å². The number of amides is 1. The Hall–Kier alpha value is -3.08. The van der Waals surface area contributed by atoms with Crippen LogP contribution in [0, 0.1) is 0 Å². The van der Waals surface area contributed by atoms with E-state index in [0.29, 0.717) is 11.3 Å². The number of phenolic OH excluding ortho intramolecular Hbond substituents is 1. The number of aromatic hydroxyl groups is 1. The smallest absolute Gasteiger partial charge is 0.251 e. The Morgan fingerprint density at radius 2 is 1.65 bits per heavy atom.